The second kappa shape index (κ2) is 9.81. The Morgan fingerprint density at radius 3 is 2.43 bits per heavy atom. The lowest BCUT2D eigenvalue weighted by molar-refractivity contribution is -0.141. The number of ether oxygens (including phenoxy) is 1. The van der Waals surface area contributed by atoms with Gasteiger partial charge in [-0.15, -0.1) is 0 Å². The molecule has 0 amide bonds. The van der Waals surface area contributed by atoms with Crippen LogP contribution in [0.3, 0.4) is 0 Å². The lowest BCUT2D eigenvalue weighted by Crippen LogP contribution is -2.11. The van der Waals surface area contributed by atoms with E-state index in [0.29, 0.717) is 17.1 Å². The number of hydrogen-bond acceptors (Lipinski definition) is 6. The highest BCUT2D eigenvalue weighted by Gasteiger charge is 2.32. The van der Waals surface area contributed by atoms with Crippen LogP contribution in [0.5, 0.6) is 5.88 Å². The number of rotatable bonds is 7. The lowest BCUT2D eigenvalue weighted by Gasteiger charge is -2.07. The van der Waals surface area contributed by atoms with Crippen LogP contribution in [-0.4, -0.2) is 37.8 Å². The first-order valence-electron chi connectivity index (χ1n) is 11.3. The highest BCUT2D eigenvalue weighted by atomic mass is 19.4. The number of fused-ring (bicyclic) bond motifs is 1. The van der Waals surface area contributed by atoms with Gasteiger partial charge in [0.1, 0.15) is 17.1 Å². The molecular formula is C27H20F3N5O2. The SMILES string of the molecule is COc1cc(-c2cc3cc(-c4ccc(CC(=O)Cc5ccnc(C(F)(F)F)c5)cn4)cnc3[nH]2)ccn1. The molecule has 0 aliphatic carbocycles. The number of aromatic nitrogens is 5. The van der Waals surface area contributed by atoms with Gasteiger partial charge < -0.3 is 9.72 Å². The Balaban J connectivity index is 1.29. The molecule has 37 heavy (non-hydrogen) atoms. The first-order chi connectivity index (χ1) is 17.8. The lowest BCUT2D eigenvalue weighted by atomic mass is 10.0. The number of ketones is 1. The largest absolute Gasteiger partial charge is 0.481 e. The molecule has 0 aromatic carbocycles. The molecule has 0 aliphatic rings. The minimum atomic E-state index is -4.55. The van der Waals surface area contributed by atoms with E-state index >= 15 is 0 Å². The van der Waals surface area contributed by atoms with Crippen LogP contribution < -0.4 is 4.74 Å². The number of pyridine rings is 4. The Bertz CT molecular complexity index is 1580. The normalized spacial score (nSPS) is 11.6. The molecule has 186 valence electrons. The molecule has 5 aromatic heterocycles. The van der Waals surface area contributed by atoms with Crippen molar-refractivity contribution in [3.63, 3.8) is 0 Å². The maximum atomic E-state index is 12.9. The zero-order chi connectivity index (χ0) is 26.0. The van der Waals surface area contributed by atoms with E-state index in [-0.39, 0.29) is 24.2 Å². The van der Waals surface area contributed by atoms with Crippen LogP contribution in [0.1, 0.15) is 16.8 Å². The van der Waals surface area contributed by atoms with Gasteiger partial charge in [-0.25, -0.2) is 9.97 Å². The summed E-state index contributed by atoms with van der Waals surface area (Å²) in [5.74, 6) is 0.295. The van der Waals surface area contributed by atoms with Gasteiger partial charge in [0.25, 0.3) is 0 Å². The standard InChI is InChI=1S/C27H20F3N5O2/c1-37-25-13-18(5-7-32-25)23-12-19-11-20(15-34-26(19)35-23)22-3-2-17(14-33-22)9-21(36)8-16-4-6-31-24(10-16)27(28,29)30/h2-7,10-15H,8-9H2,1H3,(H,34,35). The second-order valence-corrected chi connectivity index (χ2v) is 8.42. The molecule has 7 nitrogen and oxygen atoms in total. The number of aromatic amines is 1. The van der Waals surface area contributed by atoms with Gasteiger partial charge in [-0.3, -0.25) is 14.8 Å². The second-order valence-electron chi connectivity index (χ2n) is 8.42. The summed E-state index contributed by atoms with van der Waals surface area (Å²) >= 11 is 0. The molecule has 1 N–H and O–H groups in total. The van der Waals surface area contributed by atoms with E-state index in [4.69, 9.17) is 4.74 Å². The fourth-order valence-corrected chi connectivity index (χ4v) is 3.96. The average Bonchev–Trinajstić information content (AvgIpc) is 3.32. The third kappa shape index (κ3) is 5.48. The summed E-state index contributed by atoms with van der Waals surface area (Å²) in [6.45, 7) is 0. The van der Waals surface area contributed by atoms with Crippen LogP contribution in [0, 0.1) is 0 Å². The minimum Gasteiger partial charge on any atom is -0.481 e. The van der Waals surface area contributed by atoms with E-state index in [9.17, 15) is 18.0 Å². The number of carbonyl (C=O) groups is 1. The summed E-state index contributed by atoms with van der Waals surface area (Å²) in [4.78, 5) is 32.2. The molecule has 10 heteroatoms. The van der Waals surface area contributed by atoms with E-state index in [1.54, 1.807) is 37.8 Å². The number of nitrogens with one attached hydrogen (secondary N) is 1. The van der Waals surface area contributed by atoms with Crippen LogP contribution in [0.2, 0.25) is 0 Å². The minimum absolute atomic E-state index is 0.0603. The molecule has 0 bridgehead atoms. The molecule has 5 heterocycles. The summed E-state index contributed by atoms with van der Waals surface area (Å²) in [5, 5.41) is 0.903. The number of nitrogens with zero attached hydrogens (tertiary/aromatic N) is 4. The summed E-state index contributed by atoms with van der Waals surface area (Å²) in [6, 6.07) is 13.5. The fourth-order valence-electron chi connectivity index (χ4n) is 3.96. The summed E-state index contributed by atoms with van der Waals surface area (Å²) in [5.41, 5.74) is 3.93. The van der Waals surface area contributed by atoms with Gasteiger partial charge in [-0.05, 0) is 47.5 Å². The van der Waals surface area contributed by atoms with Crippen molar-refractivity contribution in [3.05, 3.63) is 90.1 Å². The third-order valence-electron chi connectivity index (χ3n) is 5.76. The van der Waals surface area contributed by atoms with Crippen LogP contribution in [-0.2, 0) is 23.8 Å². The zero-order valence-corrected chi connectivity index (χ0v) is 19.6. The highest BCUT2D eigenvalue weighted by Crippen LogP contribution is 2.29. The van der Waals surface area contributed by atoms with Gasteiger partial charge >= 0.3 is 6.18 Å². The number of hydrogen-bond donors (Lipinski definition) is 1. The molecule has 0 unspecified atom stereocenters. The predicted octanol–water partition coefficient (Wildman–Crippen LogP) is 5.46. The quantitative estimate of drug-likeness (QED) is 0.317. The molecule has 0 saturated heterocycles. The topological polar surface area (TPSA) is 93.6 Å². The summed E-state index contributed by atoms with van der Waals surface area (Å²) in [7, 11) is 1.56. The number of H-pyrrole nitrogens is 1. The van der Waals surface area contributed by atoms with Crippen molar-refractivity contribution in [1.29, 1.82) is 0 Å². The van der Waals surface area contributed by atoms with E-state index in [1.165, 1.54) is 6.07 Å². The van der Waals surface area contributed by atoms with E-state index < -0.39 is 11.9 Å². The number of alkyl halides is 3. The maximum absolute atomic E-state index is 12.9. The van der Waals surface area contributed by atoms with Crippen LogP contribution in [0.15, 0.2) is 73.3 Å². The number of carbonyl (C=O) groups excluding carboxylic acids is 1. The van der Waals surface area contributed by atoms with E-state index in [2.05, 4.69) is 24.9 Å². The van der Waals surface area contributed by atoms with Crippen LogP contribution in [0.4, 0.5) is 13.2 Å². The number of halogens is 3. The molecule has 0 radical (unpaired) electrons. The third-order valence-corrected chi connectivity index (χ3v) is 5.76. The average molecular weight is 503 g/mol. The van der Waals surface area contributed by atoms with Gasteiger partial charge in [0.15, 0.2) is 0 Å². The molecule has 0 saturated carbocycles. The Labute approximate surface area is 209 Å². The van der Waals surface area contributed by atoms with Gasteiger partial charge in [0, 0.05) is 65.9 Å². The molecule has 0 fully saturated rings. The van der Waals surface area contributed by atoms with Gasteiger partial charge in [-0.1, -0.05) is 6.07 Å². The number of Topliss-reactive ketones (excluding diaryl/α,β-unsaturated/α-hetero) is 1. The molecule has 5 aromatic rings. The molecular weight excluding hydrogens is 483 g/mol. The van der Waals surface area contributed by atoms with E-state index in [0.717, 1.165) is 40.1 Å². The fraction of sp³-hybridized carbons (Fsp3) is 0.148. The van der Waals surface area contributed by atoms with Crippen molar-refractivity contribution in [1.82, 2.24) is 24.9 Å². The van der Waals surface area contributed by atoms with Crippen LogP contribution >= 0.6 is 0 Å². The van der Waals surface area contributed by atoms with Crippen LogP contribution in [0.25, 0.3) is 33.5 Å². The smallest absolute Gasteiger partial charge is 0.433 e. The van der Waals surface area contributed by atoms with Crippen molar-refractivity contribution in [2.24, 2.45) is 0 Å². The van der Waals surface area contributed by atoms with Crippen molar-refractivity contribution < 1.29 is 22.7 Å². The molecule has 5 rings (SSSR count). The predicted molar refractivity (Wildman–Crippen MR) is 131 cm³/mol. The Morgan fingerprint density at radius 1 is 0.865 bits per heavy atom. The molecule has 0 atom stereocenters. The van der Waals surface area contributed by atoms with Crippen molar-refractivity contribution >= 4 is 16.8 Å². The molecule has 0 spiro atoms. The first kappa shape index (κ1) is 24.1. The first-order valence-corrected chi connectivity index (χ1v) is 11.3. The van der Waals surface area contributed by atoms with Gasteiger partial charge in [0.2, 0.25) is 5.88 Å². The van der Waals surface area contributed by atoms with Crippen molar-refractivity contribution in [2.75, 3.05) is 7.11 Å². The maximum Gasteiger partial charge on any atom is 0.433 e. The molecule has 0 aliphatic heterocycles. The van der Waals surface area contributed by atoms with Crippen molar-refractivity contribution in [2.45, 2.75) is 19.0 Å². The monoisotopic (exact) mass is 503 g/mol. The van der Waals surface area contributed by atoms with Gasteiger partial charge in [-0.2, -0.15) is 13.2 Å². The summed E-state index contributed by atoms with van der Waals surface area (Å²) in [6.07, 6.45) is 1.43. The highest BCUT2D eigenvalue weighted by molar-refractivity contribution is 5.86. The van der Waals surface area contributed by atoms with Gasteiger partial charge in [0.05, 0.1) is 12.8 Å². The number of methoxy groups -OCH3 is 1. The Morgan fingerprint density at radius 2 is 1.68 bits per heavy atom. The Kier molecular flexibility index (Phi) is 6.39. The zero-order valence-electron chi connectivity index (χ0n) is 19.6. The van der Waals surface area contributed by atoms with Crippen molar-refractivity contribution in [3.8, 4) is 28.4 Å². The summed E-state index contributed by atoms with van der Waals surface area (Å²) < 4.78 is 43.8. The Hall–Kier alpha value is -4.60. The van der Waals surface area contributed by atoms with E-state index in [1.807, 2.05) is 24.3 Å².